The summed E-state index contributed by atoms with van der Waals surface area (Å²) in [5.41, 5.74) is -0.214. The molecule has 1 saturated heterocycles. The van der Waals surface area contributed by atoms with Gasteiger partial charge in [-0.3, -0.25) is 10.1 Å². The molecule has 2 rings (SSSR count). The summed E-state index contributed by atoms with van der Waals surface area (Å²) in [6.45, 7) is 0.659. The lowest BCUT2D eigenvalue weighted by Crippen LogP contribution is -2.41. The maximum Gasteiger partial charge on any atom is 0.407 e. The zero-order valence-electron chi connectivity index (χ0n) is 12.0. The van der Waals surface area contributed by atoms with Gasteiger partial charge in [-0.05, 0) is 25.0 Å². The predicted molar refractivity (Wildman–Crippen MR) is 80.7 cm³/mol. The number of nitrogens with one attached hydrogen (secondary N) is 1. The molecule has 11 heteroatoms. The lowest BCUT2D eigenvalue weighted by Gasteiger charge is -2.30. The molecule has 10 nitrogen and oxygen atoms in total. The van der Waals surface area contributed by atoms with Crippen LogP contribution >= 0.6 is 0 Å². The Bertz CT molecular complexity index is 727. The van der Waals surface area contributed by atoms with E-state index in [1.807, 2.05) is 0 Å². The molecule has 1 aliphatic heterocycles. The van der Waals surface area contributed by atoms with Crippen LogP contribution in [0.4, 0.5) is 16.2 Å². The molecule has 0 saturated carbocycles. The molecule has 0 radical (unpaired) electrons. The van der Waals surface area contributed by atoms with Crippen molar-refractivity contribution < 1.29 is 23.2 Å². The first kappa shape index (κ1) is 17.0. The molecule has 0 aliphatic carbocycles. The molecule has 1 aromatic carbocycles. The third-order valence-electron chi connectivity index (χ3n) is 3.62. The minimum Gasteiger partial charge on any atom is -0.465 e. The van der Waals surface area contributed by atoms with Gasteiger partial charge in [0.05, 0.1) is 9.82 Å². The predicted octanol–water partition coefficient (Wildman–Crippen LogP) is 0.797. The van der Waals surface area contributed by atoms with Gasteiger partial charge >= 0.3 is 6.09 Å². The average molecular weight is 344 g/mol. The number of carboxylic acid groups (broad SMARTS) is 1. The Morgan fingerprint density at radius 3 is 2.48 bits per heavy atom. The van der Waals surface area contributed by atoms with Crippen LogP contribution in [0.25, 0.3) is 0 Å². The molecular formula is C12H16N4O6S. The standard InChI is InChI=1S/C12H16N4O6S/c13-23(21,22)9-1-2-10(11(7-9)16(19)20)14-8-3-5-15(6-4-8)12(17)18/h1-2,7-8,14H,3-6H2,(H,17,18)(H2,13,21,22). The van der Waals surface area contributed by atoms with E-state index < -0.39 is 26.7 Å². The van der Waals surface area contributed by atoms with Crippen LogP contribution < -0.4 is 10.5 Å². The Kier molecular flexibility index (Phi) is 4.71. The normalized spacial score (nSPS) is 16.1. The third-order valence-corrected chi connectivity index (χ3v) is 4.53. The number of amides is 1. The maximum absolute atomic E-state index is 11.3. The van der Waals surface area contributed by atoms with E-state index in [4.69, 9.17) is 10.2 Å². The number of hydrogen-bond acceptors (Lipinski definition) is 6. The van der Waals surface area contributed by atoms with Gasteiger partial charge in [0.1, 0.15) is 5.69 Å². The van der Waals surface area contributed by atoms with E-state index in [2.05, 4.69) is 5.32 Å². The Morgan fingerprint density at radius 1 is 1.39 bits per heavy atom. The lowest BCUT2D eigenvalue weighted by molar-refractivity contribution is -0.384. The van der Waals surface area contributed by atoms with Crippen molar-refractivity contribution in [1.29, 1.82) is 0 Å². The molecule has 126 valence electrons. The molecule has 0 unspecified atom stereocenters. The minimum atomic E-state index is -4.03. The van der Waals surface area contributed by atoms with Crippen LogP contribution in [-0.2, 0) is 10.0 Å². The van der Waals surface area contributed by atoms with Crippen LogP contribution in [0.15, 0.2) is 23.1 Å². The summed E-state index contributed by atoms with van der Waals surface area (Å²) in [5.74, 6) is 0. The first-order valence-electron chi connectivity index (χ1n) is 6.74. The van der Waals surface area contributed by atoms with E-state index in [0.29, 0.717) is 25.9 Å². The number of nitro benzene ring substituents is 1. The number of hydrogen-bond donors (Lipinski definition) is 3. The van der Waals surface area contributed by atoms with E-state index >= 15 is 0 Å². The number of rotatable bonds is 4. The molecule has 1 aromatic rings. The zero-order valence-corrected chi connectivity index (χ0v) is 12.8. The molecule has 1 heterocycles. The van der Waals surface area contributed by atoms with Gasteiger partial charge in [0.25, 0.3) is 5.69 Å². The van der Waals surface area contributed by atoms with Crippen molar-refractivity contribution in [3.63, 3.8) is 0 Å². The van der Waals surface area contributed by atoms with Gasteiger partial charge in [-0.2, -0.15) is 0 Å². The van der Waals surface area contributed by atoms with Gasteiger partial charge in [0.15, 0.2) is 0 Å². The van der Waals surface area contributed by atoms with Gasteiger partial charge in [0, 0.05) is 25.2 Å². The molecule has 0 aromatic heterocycles. The average Bonchev–Trinajstić information content (AvgIpc) is 2.46. The number of primary sulfonamides is 1. The summed E-state index contributed by atoms with van der Waals surface area (Å²) < 4.78 is 22.6. The summed E-state index contributed by atoms with van der Waals surface area (Å²) in [4.78, 5) is 22.2. The summed E-state index contributed by atoms with van der Waals surface area (Å²) in [6.07, 6.45) is 0.00720. The number of nitrogens with zero attached hydrogens (tertiary/aromatic N) is 2. The fraction of sp³-hybridized carbons (Fsp3) is 0.417. The first-order chi connectivity index (χ1) is 10.7. The van der Waals surface area contributed by atoms with Crippen LogP contribution in [0.2, 0.25) is 0 Å². The summed E-state index contributed by atoms with van der Waals surface area (Å²) >= 11 is 0. The topological polar surface area (TPSA) is 156 Å². The SMILES string of the molecule is NS(=O)(=O)c1ccc(NC2CCN(C(=O)O)CC2)c([N+](=O)[O-])c1. The molecule has 23 heavy (non-hydrogen) atoms. The largest absolute Gasteiger partial charge is 0.465 e. The summed E-state index contributed by atoms with van der Waals surface area (Å²) in [5, 5.41) is 28.0. The lowest BCUT2D eigenvalue weighted by atomic mass is 10.0. The zero-order chi connectivity index (χ0) is 17.2. The fourth-order valence-corrected chi connectivity index (χ4v) is 2.93. The molecular weight excluding hydrogens is 328 g/mol. The minimum absolute atomic E-state index is 0.135. The quantitative estimate of drug-likeness (QED) is 0.538. The van der Waals surface area contributed by atoms with Crippen LogP contribution in [-0.4, -0.2) is 48.6 Å². The van der Waals surface area contributed by atoms with Crippen LogP contribution in [0.3, 0.4) is 0 Å². The van der Waals surface area contributed by atoms with E-state index in [0.717, 1.165) is 6.07 Å². The van der Waals surface area contributed by atoms with Crippen LogP contribution in [0, 0.1) is 10.1 Å². The summed E-state index contributed by atoms with van der Waals surface area (Å²) in [6, 6.07) is 3.26. The van der Waals surface area contributed by atoms with E-state index in [1.54, 1.807) is 0 Å². The van der Waals surface area contributed by atoms with Crippen LogP contribution in [0.1, 0.15) is 12.8 Å². The maximum atomic E-state index is 11.3. The smallest absolute Gasteiger partial charge is 0.407 e. The van der Waals surface area contributed by atoms with Gasteiger partial charge in [-0.25, -0.2) is 18.4 Å². The molecule has 1 fully saturated rings. The highest BCUT2D eigenvalue weighted by molar-refractivity contribution is 7.89. The van der Waals surface area contributed by atoms with Crippen molar-refractivity contribution >= 4 is 27.5 Å². The fourth-order valence-electron chi connectivity index (χ4n) is 2.40. The van der Waals surface area contributed by atoms with Crippen LogP contribution in [0.5, 0.6) is 0 Å². The molecule has 1 aliphatic rings. The number of nitro groups is 1. The van der Waals surface area contributed by atoms with E-state index in [-0.39, 0.29) is 16.6 Å². The number of benzene rings is 1. The Labute approximate surface area is 132 Å². The Hall–Kier alpha value is -2.40. The number of carbonyl (C=O) groups is 1. The van der Waals surface area contributed by atoms with Crippen molar-refractivity contribution in [1.82, 2.24) is 4.90 Å². The van der Waals surface area contributed by atoms with Gasteiger partial charge in [-0.1, -0.05) is 0 Å². The number of nitrogens with two attached hydrogens (primary N) is 1. The van der Waals surface area contributed by atoms with E-state index in [1.165, 1.54) is 17.0 Å². The molecule has 0 bridgehead atoms. The van der Waals surface area contributed by atoms with Gasteiger partial charge in [0.2, 0.25) is 10.0 Å². The Balaban J connectivity index is 2.17. The second-order valence-electron chi connectivity index (χ2n) is 5.17. The van der Waals surface area contributed by atoms with Crippen molar-refractivity contribution in [2.45, 2.75) is 23.8 Å². The summed E-state index contributed by atoms with van der Waals surface area (Å²) in [7, 11) is -4.03. The third kappa shape index (κ3) is 4.07. The van der Waals surface area contributed by atoms with E-state index in [9.17, 15) is 23.3 Å². The van der Waals surface area contributed by atoms with Crippen molar-refractivity contribution in [3.8, 4) is 0 Å². The highest BCUT2D eigenvalue weighted by Crippen LogP contribution is 2.29. The number of piperidine rings is 1. The highest BCUT2D eigenvalue weighted by atomic mass is 32.2. The molecule has 0 spiro atoms. The Morgan fingerprint density at radius 2 is 2.00 bits per heavy atom. The van der Waals surface area contributed by atoms with Gasteiger partial charge in [-0.15, -0.1) is 0 Å². The number of likely N-dealkylation sites (tertiary alicyclic amines) is 1. The molecule has 1 amide bonds. The number of anilines is 1. The highest BCUT2D eigenvalue weighted by Gasteiger charge is 2.25. The van der Waals surface area contributed by atoms with Gasteiger partial charge < -0.3 is 15.3 Å². The molecule has 0 atom stereocenters. The van der Waals surface area contributed by atoms with Crippen molar-refractivity contribution in [2.24, 2.45) is 5.14 Å². The molecule has 4 N–H and O–H groups in total. The van der Waals surface area contributed by atoms with Crippen molar-refractivity contribution in [2.75, 3.05) is 18.4 Å². The first-order valence-corrected chi connectivity index (χ1v) is 8.29. The second kappa shape index (κ2) is 6.38. The second-order valence-corrected chi connectivity index (χ2v) is 6.73. The number of sulfonamides is 1. The monoisotopic (exact) mass is 344 g/mol. The van der Waals surface area contributed by atoms with Crippen molar-refractivity contribution in [3.05, 3.63) is 28.3 Å².